The highest BCUT2D eigenvalue weighted by molar-refractivity contribution is 7.92. The SMILES string of the molecule is CN(C)C(=O)c1cccc(S(=O)(=O)N(Cc2ccccc2)c2ccc(Cl)cc2)c1. The van der Waals surface area contributed by atoms with Gasteiger partial charge >= 0.3 is 0 Å². The molecule has 3 aromatic rings. The highest BCUT2D eigenvalue weighted by Gasteiger charge is 2.26. The lowest BCUT2D eigenvalue weighted by atomic mass is 10.2. The fourth-order valence-electron chi connectivity index (χ4n) is 2.85. The normalized spacial score (nSPS) is 11.1. The van der Waals surface area contributed by atoms with E-state index in [1.165, 1.54) is 21.3 Å². The first-order valence-corrected chi connectivity index (χ1v) is 10.7. The zero-order chi connectivity index (χ0) is 21.0. The third-order valence-electron chi connectivity index (χ3n) is 4.36. The van der Waals surface area contributed by atoms with Gasteiger partial charge in [-0.1, -0.05) is 48.0 Å². The van der Waals surface area contributed by atoms with Gasteiger partial charge in [-0.25, -0.2) is 8.42 Å². The van der Waals surface area contributed by atoms with Crippen LogP contribution in [0.15, 0.2) is 83.8 Å². The molecule has 0 aliphatic carbocycles. The molecule has 0 atom stereocenters. The fraction of sp³-hybridized carbons (Fsp3) is 0.136. The second-order valence-corrected chi connectivity index (χ2v) is 9.00. The summed E-state index contributed by atoms with van der Waals surface area (Å²) in [6.45, 7) is 0.149. The monoisotopic (exact) mass is 428 g/mol. The van der Waals surface area contributed by atoms with Gasteiger partial charge in [-0.05, 0) is 48.0 Å². The summed E-state index contributed by atoms with van der Waals surface area (Å²) in [5.41, 5.74) is 1.64. The summed E-state index contributed by atoms with van der Waals surface area (Å²) in [6, 6.07) is 22.0. The molecular formula is C22H21ClN2O3S. The Hall–Kier alpha value is -2.83. The molecule has 3 rings (SSSR count). The Labute approximate surface area is 176 Å². The summed E-state index contributed by atoms with van der Waals surface area (Å²) < 4.78 is 28.4. The molecule has 0 radical (unpaired) electrons. The molecule has 0 fully saturated rings. The highest BCUT2D eigenvalue weighted by atomic mass is 35.5. The van der Waals surface area contributed by atoms with Gasteiger partial charge in [0.15, 0.2) is 0 Å². The van der Waals surface area contributed by atoms with Crippen LogP contribution < -0.4 is 4.31 Å². The van der Waals surface area contributed by atoms with Crippen molar-refractivity contribution in [3.8, 4) is 0 Å². The lowest BCUT2D eigenvalue weighted by molar-refractivity contribution is 0.0827. The molecule has 0 saturated heterocycles. The van der Waals surface area contributed by atoms with Crippen molar-refractivity contribution in [2.24, 2.45) is 0 Å². The molecule has 3 aromatic carbocycles. The summed E-state index contributed by atoms with van der Waals surface area (Å²) in [5.74, 6) is -0.261. The summed E-state index contributed by atoms with van der Waals surface area (Å²) in [4.78, 5) is 13.8. The van der Waals surface area contributed by atoms with E-state index in [1.54, 1.807) is 50.5 Å². The number of carbonyl (C=O) groups excluding carboxylic acids is 1. The van der Waals surface area contributed by atoms with E-state index in [9.17, 15) is 13.2 Å². The van der Waals surface area contributed by atoms with Gasteiger partial charge in [0.25, 0.3) is 15.9 Å². The first-order valence-electron chi connectivity index (χ1n) is 8.93. The van der Waals surface area contributed by atoms with Crippen LogP contribution in [-0.2, 0) is 16.6 Å². The summed E-state index contributed by atoms with van der Waals surface area (Å²) in [7, 11) is -0.680. The number of halogens is 1. The Morgan fingerprint density at radius 3 is 2.17 bits per heavy atom. The number of hydrogen-bond donors (Lipinski definition) is 0. The van der Waals surface area contributed by atoms with Crippen LogP contribution in [0.4, 0.5) is 5.69 Å². The minimum Gasteiger partial charge on any atom is -0.345 e. The Bertz CT molecular complexity index is 1100. The van der Waals surface area contributed by atoms with Gasteiger partial charge in [-0.3, -0.25) is 9.10 Å². The van der Waals surface area contributed by atoms with Crippen molar-refractivity contribution in [3.05, 3.63) is 95.0 Å². The molecular weight excluding hydrogens is 408 g/mol. The van der Waals surface area contributed by atoms with Crippen molar-refractivity contribution in [1.82, 2.24) is 4.90 Å². The maximum absolute atomic E-state index is 13.5. The van der Waals surface area contributed by atoms with Crippen LogP contribution in [0.5, 0.6) is 0 Å². The van der Waals surface area contributed by atoms with Gasteiger partial charge in [0.05, 0.1) is 17.1 Å². The molecule has 1 amide bonds. The van der Waals surface area contributed by atoms with Crippen molar-refractivity contribution in [1.29, 1.82) is 0 Å². The Kier molecular flexibility index (Phi) is 6.25. The molecule has 0 aliphatic rings. The van der Waals surface area contributed by atoms with Crippen LogP contribution >= 0.6 is 11.6 Å². The van der Waals surface area contributed by atoms with Crippen LogP contribution in [-0.4, -0.2) is 33.3 Å². The van der Waals surface area contributed by atoms with E-state index in [0.29, 0.717) is 16.3 Å². The summed E-state index contributed by atoms with van der Waals surface area (Å²) in [6.07, 6.45) is 0. The number of rotatable bonds is 6. The maximum Gasteiger partial charge on any atom is 0.264 e. The third-order valence-corrected chi connectivity index (χ3v) is 6.38. The lowest BCUT2D eigenvalue weighted by Gasteiger charge is -2.25. The zero-order valence-corrected chi connectivity index (χ0v) is 17.7. The Morgan fingerprint density at radius 2 is 1.55 bits per heavy atom. The van der Waals surface area contributed by atoms with Crippen LogP contribution in [0.25, 0.3) is 0 Å². The number of sulfonamides is 1. The average molecular weight is 429 g/mol. The van der Waals surface area contributed by atoms with Gasteiger partial charge in [0.1, 0.15) is 0 Å². The summed E-state index contributed by atoms with van der Waals surface area (Å²) >= 11 is 5.98. The second kappa shape index (κ2) is 8.68. The van der Waals surface area contributed by atoms with E-state index in [0.717, 1.165) is 5.56 Å². The van der Waals surface area contributed by atoms with Gasteiger partial charge in [0.2, 0.25) is 0 Å². The standard InChI is InChI=1S/C22H21ClN2O3S/c1-24(2)22(26)18-9-6-10-21(15-18)29(27,28)25(16-17-7-4-3-5-8-17)20-13-11-19(23)12-14-20/h3-15H,16H2,1-2H3. The highest BCUT2D eigenvalue weighted by Crippen LogP contribution is 2.28. The molecule has 0 unspecified atom stereocenters. The molecule has 5 nitrogen and oxygen atoms in total. The minimum atomic E-state index is -3.93. The van der Waals surface area contributed by atoms with Gasteiger partial charge in [-0.2, -0.15) is 0 Å². The van der Waals surface area contributed by atoms with Gasteiger partial charge < -0.3 is 4.90 Å². The Morgan fingerprint density at radius 1 is 0.897 bits per heavy atom. The number of amides is 1. The van der Waals surface area contributed by atoms with Crippen molar-refractivity contribution < 1.29 is 13.2 Å². The fourth-order valence-corrected chi connectivity index (χ4v) is 4.47. The number of benzene rings is 3. The molecule has 0 spiro atoms. The van der Waals surface area contributed by atoms with E-state index in [-0.39, 0.29) is 17.3 Å². The molecule has 29 heavy (non-hydrogen) atoms. The van der Waals surface area contributed by atoms with Crippen LogP contribution in [0, 0.1) is 0 Å². The molecule has 0 aromatic heterocycles. The molecule has 0 bridgehead atoms. The van der Waals surface area contributed by atoms with Crippen molar-refractivity contribution in [2.75, 3.05) is 18.4 Å². The Balaban J connectivity index is 2.07. The largest absolute Gasteiger partial charge is 0.345 e. The van der Waals surface area contributed by atoms with E-state index >= 15 is 0 Å². The van der Waals surface area contributed by atoms with E-state index in [2.05, 4.69) is 0 Å². The van der Waals surface area contributed by atoms with Crippen LogP contribution in [0.3, 0.4) is 0 Å². The number of anilines is 1. The molecule has 0 heterocycles. The second-order valence-electron chi connectivity index (χ2n) is 6.70. The predicted octanol–water partition coefficient (Wildman–Crippen LogP) is 4.44. The molecule has 0 saturated carbocycles. The zero-order valence-electron chi connectivity index (χ0n) is 16.1. The quantitative estimate of drug-likeness (QED) is 0.583. The predicted molar refractivity (Wildman–Crippen MR) is 116 cm³/mol. The summed E-state index contributed by atoms with van der Waals surface area (Å²) in [5, 5.41) is 0.518. The topological polar surface area (TPSA) is 57.7 Å². The minimum absolute atomic E-state index is 0.0519. The van der Waals surface area contributed by atoms with Crippen LogP contribution in [0.1, 0.15) is 15.9 Å². The van der Waals surface area contributed by atoms with Crippen LogP contribution in [0.2, 0.25) is 5.02 Å². The smallest absolute Gasteiger partial charge is 0.264 e. The van der Waals surface area contributed by atoms with Gasteiger partial charge in [0, 0.05) is 24.7 Å². The molecule has 0 aliphatic heterocycles. The van der Waals surface area contributed by atoms with Crippen molar-refractivity contribution >= 4 is 33.2 Å². The number of hydrogen-bond acceptors (Lipinski definition) is 3. The average Bonchev–Trinajstić information content (AvgIpc) is 2.73. The first kappa shape index (κ1) is 20.9. The molecule has 7 heteroatoms. The van der Waals surface area contributed by atoms with Gasteiger partial charge in [-0.15, -0.1) is 0 Å². The van der Waals surface area contributed by atoms with Crippen molar-refractivity contribution in [3.63, 3.8) is 0 Å². The number of carbonyl (C=O) groups is 1. The molecule has 150 valence electrons. The lowest BCUT2D eigenvalue weighted by Crippen LogP contribution is -2.31. The van der Waals surface area contributed by atoms with E-state index in [1.807, 2.05) is 30.3 Å². The van der Waals surface area contributed by atoms with E-state index < -0.39 is 10.0 Å². The van der Waals surface area contributed by atoms with E-state index in [4.69, 9.17) is 11.6 Å². The van der Waals surface area contributed by atoms with Crippen molar-refractivity contribution in [2.45, 2.75) is 11.4 Å². The first-order chi connectivity index (χ1) is 13.8. The maximum atomic E-state index is 13.5. The molecule has 0 N–H and O–H groups in total. The third kappa shape index (κ3) is 4.78. The number of nitrogens with zero attached hydrogens (tertiary/aromatic N) is 2.